The Bertz CT molecular complexity index is 445. The summed E-state index contributed by atoms with van der Waals surface area (Å²) in [4.78, 5) is 21.5. The van der Waals surface area contributed by atoms with Gasteiger partial charge in [0, 0.05) is 11.1 Å². The first kappa shape index (κ1) is 14.1. The van der Waals surface area contributed by atoms with Gasteiger partial charge in [-0.2, -0.15) is 0 Å². The second-order valence-electron chi connectivity index (χ2n) is 3.34. The fourth-order valence-corrected chi connectivity index (χ4v) is 1.28. The third-order valence-corrected chi connectivity index (χ3v) is 2.14. The maximum Gasteiger partial charge on any atom is 0.407 e. The summed E-state index contributed by atoms with van der Waals surface area (Å²) in [6.45, 7) is 0.0639. The zero-order valence-electron chi connectivity index (χ0n) is 9.43. The Labute approximate surface area is 109 Å². The minimum atomic E-state index is -1.17. The molecule has 1 aromatic carbocycles. The normalized spacial score (nSPS) is 10.8. The van der Waals surface area contributed by atoms with Crippen molar-refractivity contribution in [1.29, 1.82) is 0 Å². The van der Waals surface area contributed by atoms with Crippen molar-refractivity contribution < 1.29 is 19.4 Å². The Hall–Kier alpha value is -2.01. The van der Waals surface area contributed by atoms with Gasteiger partial charge in [-0.15, -0.1) is 0 Å². The first-order chi connectivity index (χ1) is 8.58. The van der Waals surface area contributed by atoms with E-state index in [-0.39, 0.29) is 18.2 Å². The third-order valence-electron chi connectivity index (χ3n) is 1.89. The van der Waals surface area contributed by atoms with E-state index in [0.717, 1.165) is 11.6 Å². The molecule has 0 bridgehead atoms. The number of amides is 1. The number of carboxylic acid groups (broad SMARTS) is 1. The van der Waals surface area contributed by atoms with Gasteiger partial charge in [0.05, 0.1) is 6.54 Å². The van der Waals surface area contributed by atoms with Crippen molar-refractivity contribution in [2.75, 3.05) is 6.54 Å². The van der Waals surface area contributed by atoms with Crippen LogP contribution in [0.15, 0.2) is 41.4 Å². The van der Waals surface area contributed by atoms with E-state index in [9.17, 15) is 9.59 Å². The third kappa shape index (κ3) is 5.91. The molecule has 0 spiro atoms. The quantitative estimate of drug-likeness (QED) is 0.803. The van der Waals surface area contributed by atoms with E-state index in [0.29, 0.717) is 0 Å². The Morgan fingerprint density at radius 1 is 1.33 bits per heavy atom. The molecule has 0 fully saturated rings. The summed E-state index contributed by atoms with van der Waals surface area (Å²) in [5.41, 5.74) is 0.861. The molecule has 0 radical (unpaired) electrons. The lowest BCUT2D eigenvalue weighted by Crippen LogP contribution is -2.25. The summed E-state index contributed by atoms with van der Waals surface area (Å²) in [7, 11) is 0. The minimum Gasteiger partial charge on any atom is -0.478 e. The zero-order chi connectivity index (χ0) is 13.4. The smallest absolute Gasteiger partial charge is 0.407 e. The minimum absolute atomic E-state index is 0.0131. The lowest BCUT2D eigenvalue weighted by molar-refractivity contribution is -0.131. The molecular formula is C12H12ClNO4. The zero-order valence-corrected chi connectivity index (χ0v) is 10.2. The average Bonchev–Trinajstić information content (AvgIpc) is 2.34. The molecule has 96 valence electrons. The number of benzene rings is 1. The number of hydrogen-bond donors (Lipinski definition) is 2. The maximum atomic E-state index is 11.2. The van der Waals surface area contributed by atoms with Gasteiger partial charge in [-0.25, -0.2) is 9.59 Å². The Kier molecular flexibility index (Phi) is 5.73. The molecule has 1 rings (SSSR count). The van der Waals surface area contributed by atoms with Crippen molar-refractivity contribution in [1.82, 2.24) is 5.32 Å². The van der Waals surface area contributed by atoms with E-state index in [1.807, 2.05) is 30.3 Å². The number of rotatable bonds is 5. The fourth-order valence-electron chi connectivity index (χ4n) is 1.12. The predicted octanol–water partition coefficient (Wildman–Crippen LogP) is 2.12. The van der Waals surface area contributed by atoms with Gasteiger partial charge in [0.25, 0.3) is 0 Å². The van der Waals surface area contributed by atoms with Crippen LogP contribution in [-0.2, 0) is 16.1 Å². The summed E-state index contributed by atoms with van der Waals surface area (Å²) in [6.07, 6.45) is 0.148. The van der Waals surface area contributed by atoms with Gasteiger partial charge >= 0.3 is 12.1 Å². The van der Waals surface area contributed by atoms with E-state index in [1.54, 1.807) is 0 Å². The van der Waals surface area contributed by atoms with Crippen LogP contribution in [0.2, 0.25) is 0 Å². The van der Waals surface area contributed by atoms with E-state index in [1.165, 1.54) is 0 Å². The Morgan fingerprint density at radius 2 is 2.00 bits per heavy atom. The van der Waals surface area contributed by atoms with E-state index < -0.39 is 12.1 Å². The van der Waals surface area contributed by atoms with Crippen molar-refractivity contribution in [3.8, 4) is 0 Å². The lowest BCUT2D eigenvalue weighted by atomic mass is 10.2. The van der Waals surface area contributed by atoms with Gasteiger partial charge in [-0.3, -0.25) is 0 Å². The number of carbonyl (C=O) groups excluding carboxylic acids is 1. The fraction of sp³-hybridized carbons (Fsp3) is 0.167. The second kappa shape index (κ2) is 7.34. The molecule has 0 unspecified atom stereocenters. The number of aliphatic carboxylic acids is 1. The van der Waals surface area contributed by atoms with Crippen LogP contribution in [0.5, 0.6) is 0 Å². The number of ether oxygens (including phenoxy) is 1. The molecule has 0 aliphatic carbocycles. The highest BCUT2D eigenvalue weighted by Gasteiger charge is 2.03. The summed E-state index contributed by atoms with van der Waals surface area (Å²) in [5.74, 6) is -1.17. The monoisotopic (exact) mass is 269 g/mol. The summed E-state index contributed by atoms with van der Waals surface area (Å²) < 4.78 is 4.90. The molecule has 0 atom stereocenters. The second-order valence-corrected chi connectivity index (χ2v) is 3.83. The number of carboxylic acids is 1. The molecule has 0 aliphatic rings. The van der Waals surface area contributed by atoms with Crippen molar-refractivity contribution in [3.63, 3.8) is 0 Å². The van der Waals surface area contributed by atoms with Gasteiger partial charge in [0.1, 0.15) is 6.61 Å². The van der Waals surface area contributed by atoms with Crippen molar-refractivity contribution in [3.05, 3.63) is 47.0 Å². The Morgan fingerprint density at radius 3 is 2.61 bits per heavy atom. The van der Waals surface area contributed by atoms with Crippen LogP contribution in [0.3, 0.4) is 0 Å². The molecule has 0 saturated carbocycles. The molecular weight excluding hydrogens is 258 g/mol. The van der Waals surface area contributed by atoms with E-state index >= 15 is 0 Å². The highest BCUT2D eigenvalue weighted by molar-refractivity contribution is 6.31. The van der Waals surface area contributed by atoms with Crippen molar-refractivity contribution in [2.24, 2.45) is 0 Å². The van der Waals surface area contributed by atoms with Crippen LogP contribution in [-0.4, -0.2) is 23.7 Å². The highest BCUT2D eigenvalue weighted by atomic mass is 35.5. The summed E-state index contributed by atoms with van der Waals surface area (Å²) >= 11 is 5.55. The van der Waals surface area contributed by atoms with Crippen LogP contribution < -0.4 is 5.32 Å². The van der Waals surface area contributed by atoms with Gasteiger partial charge in [0.2, 0.25) is 0 Å². The first-order valence-corrected chi connectivity index (χ1v) is 5.49. The summed E-state index contributed by atoms with van der Waals surface area (Å²) in [5, 5.41) is 10.7. The van der Waals surface area contributed by atoms with Gasteiger partial charge in [-0.1, -0.05) is 41.9 Å². The lowest BCUT2D eigenvalue weighted by Gasteiger charge is -2.06. The molecule has 2 N–H and O–H groups in total. The topological polar surface area (TPSA) is 75.6 Å². The molecule has 0 saturated heterocycles. The molecule has 6 heteroatoms. The average molecular weight is 270 g/mol. The number of halogens is 1. The van der Waals surface area contributed by atoms with Crippen LogP contribution >= 0.6 is 11.6 Å². The van der Waals surface area contributed by atoms with E-state index in [2.05, 4.69) is 5.32 Å². The molecule has 0 aromatic heterocycles. The maximum absolute atomic E-state index is 11.2. The van der Waals surface area contributed by atoms with Gasteiger partial charge in [-0.05, 0) is 5.56 Å². The number of carbonyl (C=O) groups is 2. The first-order valence-electron chi connectivity index (χ1n) is 5.11. The Balaban J connectivity index is 2.28. The molecule has 1 amide bonds. The molecule has 0 heterocycles. The highest BCUT2D eigenvalue weighted by Crippen LogP contribution is 2.01. The van der Waals surface area contributed by atoms with Gasteiger partial charge < -0.3 is 15.2 Å². The van der Waals surface area contributed by atoms with Crippen LogP contribution in [0, 0.1) is 0 Å². The van der Waals surface area contributed by atoms with Crippen molar-refractivity contribution >= 4 is 23.7 Å². The van der Waals surface area contributed by atoms with Crippen molar-refractivity contribution in [2.45, 2.75) is 6.61 Å². The summed E-state index contributed by atoms with van der Waals surface area (Å²) in [6, 6.07) is 9.18. The van der Waals surface area contributed by atoms with Gasteiger partial charge in [0.15, 0.2) is 0 Å². The van der Waals surface area contributed by atoms with Crippen LogP contribution in [0.1, 0.15) is 5.56 Å². The SMILES string of the molecule is O=C(O)/C=C(\Cl)CNC(=O)OCc1ccccc1. The molecule has 1 aromatic rings. The number of alkyl carbamates (subject to hydrolysis) is 1. The van der Waals surface area contributed by atoms with Crippen LogP contribution in [0.4, 0.5) is 4.79 Å². The van der Waals surface area contributed by atoms with Crippen LogP contribution in [0.25, 0.3) is 0 Å². The molecule has 0 aliphatic heterocycles. The molecule has 5 nitrogen and oxygen atoms in total. The standard InChI is InChI=1S/C12H12ClNO4/c13-10(6-11(15)16)7-14-12(17)18-8-9-4-2-1-3-5-9/h1-6H,7-8H2,(H,14,17)(H,15,16)/b10-6-. The molecule has 18 heavy (non-hydrogen) atoms. The largest absolute Gasteiger partial charge is 0.478 e. The predicted molar refractivity (Wildman–Crippen MR) is 66.2 cm³/mol. The number of nitrogens with one attached hydrogen (secondary N) is 1. The number of hydrogen-bond acceptors (Lipinski definition) is 3. The van der Waals surface area contributed by atoms with E-state index in [4.69, 9.17) is 21.4 Å².